The minimum atomic E-state index is -0.607. The Balaban J connectivity index is 1.60. The maximum absolute atomic E-state index is 13.5. The van der Waals surface area contributed by atoms with E-state index in [4.69, 9.17) is 0 Å². The molecule has 4 rings (SSSR count). The van der Waals surface area contributed by atoms with Gasteiger partial charge in [0.25, 0.3) is 5.56 Å². The summed E-state index contributed by atoms with van der Waals surface area (Å²) < 4.78 is 2.39. The van der Waals surface area contributed by atoms with E-state index in [2.05, 4.69) is 17.6 Å². The number of fused-ring (bicyclic) bond motifs is 1. The highest BCUT2D eigenvalue weighted by Gasteiger charge is 2.16. The van der Waals surface area contributed by atoms with Crippen LogP contribution < -0.4 is 21.9 Å². The summed E-state index contributed by atoms with van der Waals surface area (Å²) in [5.41, 5.74) is 2.54. The first-order chi connectivity index (χ1) is 18.4. The van der Waals surface area contributed by atoms with Gasteiger partial charge in [-0.1, -0.05) is 67.4 Å². The van der Waals surface area contributed by atoms with E-state index in [1.807, 2.05) is 31.2 Å². The van der Waals surface area contributed by atoms with Crippen molar-refractivity contribution in [3.8, 4) is 5.69 Å². The van der Waals surface area contributed by atoms with Crippen molar-refractivity contribution in [3.63, 3.8) is 0 Å². The lowest BCUT2D eigenvalue weighted by molar-refractivity contribution is -0.122. The molecule has 0 saturated heterocycles. The van der Waals surface area contributed by atoms with Gasteiger partial charge in [0.05, 0.1) is 23.0 Å². The van der Waals surface area contributed by atoms with Crippen LogP contribution >= 0.6 is 0 Å². The molecule has 0 aliphatic carbocycles. The van der Waals surface area contributed by atoms with Crippen molar-refractivity contribution in [2.45, 2.75) is 46.2 Å². The van der Waals surface area contributed by atoms with E-state index in [9.17, 15) is 19.2 Å². The molecule has 0 bridgehead atoms. The van der Waals surface area contributed by atoms with Crippen molar-refractivity contribution in [3.05, 3.63) is 110 Å². The summed E-state index contributed by atoms with van der Waals surface area (Å²) in [7, 11) is 0. The second-order valence-electron chi connectivity index (χ2n) is 9.34. The average Bonchev–Trinajstić information content (AvgIpc) is 2.92. The van der Waals surface area contributed by atoms with Crippen molar-refractivity contribution >= 4 is 22.7 Å². The maximum Gasteiger partial charge on any atom is 0.336 e. The molecule has 4 aromatic rings. The molecule has 0 radical (unpaired) electrons. The quantitative estimate of drug-likeness (QED) is 0.319. The molecule has 2 N–H and O–H groups in total. The van der Waals surface area contributed by atoms with Crippen LogP contribution in [0.4, 0.5) is 0 Å². The van der Waals surface area contributed by atoms with Gasteiger partial charge in [-0.3, -0.25) is 19.0 Å². The molecule has 0 unspecified atom stereocenters. The highest BCUT2D eigenvalue weighted by molar-refractivity contribution is 5.82. The Labute approximate surface area is 220 Å². The standard InChI is InChI=1S/C30H32N4O4/c1-3-4-17-31-27(35)18-22-13-15-24(16-14-22)34-29(37)25-7-5-6-8-26(25)33(30(34)38)20-28(36)32-19-23-11-9-21(2)10-12-23/h5-16H,3-4,17-20H2,1-2H3,(H,31,35)(H,32,36). The van der Waals surface area contributed by atoms with E-state index in [0.717, 1.165) is 34.1 Å². The number of carbonyl (C=O) groups is 2. The molecule has 1 heterocycles. The van der Waals surface area contributed by atoms with Crippen molar-refractivity contribution in [2.24, 2.45) is 0 Å². The van der Waals surface area contributed by atoms with Gasteiger partial charge in [0, 0.05) is 13.1 Å². The summed E-state index contributed by atoms with van der Waals surface area (Å²) in [6.07, 6.45) is 2.13. The largest absolute Gasteiger partial charge is 0.356 e. The van der Waals surface area contributed by atoms with Crippen LogP contribution in [-0.4, -0.2) is 27.5 Å². The van der Waals surface area contributed by atoms with Gasteiger partial charge in [0.1, 0.15) is 6.54 Å². The second kappa shape index (κ2) is 12.2. The van der Waals surface area contributed by atoms with Crippen LogP contribution in [0.2, 0.25) is 0 Å². The van der Waals surface area contributed by atoms with Crippen molar-refractivity contribution in [2.75, 3.05) is 6.54 Å². The Hall–Kier alpha value is -4.46. The molecule has 0 aliphatic rings. The number of benzene rings is 3. The van der Waals surface area contributed by atoms with E-state index < -0.39 is 11.2 Å². The zero-order valence-electron chi connectivity index (χ0n) is 21.7. The molecule has 2 amide bonds. The molecule has 196 valence electrons. The molecule has 1 aromatic heterocycles. The summed E-state index contributed by atoms with van der Waals surface area (Å²) in [5, 5.41) is 6.06. The molecule has 8 heteroatoms. The molecular weight excluding hydrogens is 480 g/mol. The topological polar surface area (TPSA) is 102 Å². The summed E-state index contributed by atoms with van der Waals surface area (Å²) in [4.78, 5) is 51.8. The van der Waals surface area contributed by atoms with Crippen LogP contribution in [0.15, 0.2) is 82.4 Å². The van der Waals surface area contributed by atoms with E-state index in [0.29, 0.717) is 29.7 Å². The van der Waals surface area contributed by atoms with E-state index in [1.54, 1.807) is 48.5 Å². The molecular formula is C30H32N4O4. The fourth-order valence-electron chi connectivity index (χ4n) is 4.22. The minimum absolute atomic E-state index is 0.0759. The Bertz CT molecular complexity index is 1550. The lowest BCUT2D eigenvalue weighted by Gasteiger charge is -2.14. The molecule has 38 heavy (non-hydrogen) atoms. The van der Waals surface area contributed by atoms with Gasteiger partial charge in [-0.2, -0.15) is 0 Å². The first-order valence-corrected chi connectivity index (χ1v) is 12.8. The molecule has 0 atom stereocenters. The SMILES string of the molecule is CCCCNC(=O)Cc1ccc(-n2c(=O)c3ccccc3n(CC(=O)NCc3ccc(C)cc3)c2=O)cc1. The van der Waals surface area contributed by atoms with Crippen molar-refractivity contribution in [1.82, 2.24) is 19.8 Å². The van der Waals surface area contributed by atoms with Gasteiger partial charge < -0.3 is 10.6 Å². The van der Waals surface area contributed by atoms with Crippen LogP contribution in [0.1, 0.15) is 36.5 Å². The summed E-state index contributed by atoms with van der Waals surface area (Å²) in [6, 6.07) is 21.3. The number of unbranched alkanes of at least 4 members (excludes halogenated alkanes) is 1. The third kappa shape index (κ3) is 6.26. The lowest BCUT2D eigenvalue weighted by atomic mass is 10.1. The number of nitrogens with one attached hydrogen (secondary N) is 2. The predicted molar refractivity (Wildman–Crippen MR) is 148 cm³/mol. The molecule has 0 saturated carbocycles. The van der Waals surface area contributed by atoms with Crippen LogP contribution in [0.3, 0.4) is 0 Å². The number of rotatable bonds is 10. The smallest absolute Gasteiger partial charge is 0.336 e. The van der Waals surface area contributed by atoms with Gasteiger partial charge in [-0.05, 0) is 48.7 Å². The molecule has 0 fully saturated rings. The Kier molecular flexibility index (Phi) is 8.53. The van der Waals surface area contributed by atoms with Crippen LogP contribution in [-0.2, 0) is 29.1 Å². The zero-order chi connectivity index (χ0) is 27.1. The molecule has 0 spiro atoms. The number of aryl methyl sites for hydroxylation is 1. The number of aromatic nitrogens is 2. The number of carbonyl (C=O) groups excluding carboxylic acids is 2. The van der Waals surface area contributed by atoms with Gasteiger partial charge in [0.15, 0.2) is 0 Å². The normalized spacial score (nSPS) is 10.9. The number of nitrogens with zero attached hydrogens (tertiary/aromatic N) is 2. The minimum Gasteiger partial charge on any atom is -0.356 e. The molecule has 8 nitrogen and oxygen atoms in total. The predicted octanol–water partition coefficient (Wildman–Crippen LogP) is 3.24. The van der Waals surface area contributed by atoms with Crippen molar-refractivity contribution < 1.29 is 9.59 Å². The Morgan fingerprint density at radius 3 is 2.21 bits per heavy atom. The highest BCUT2D eigenvalue weighted by Crippen LogP contribution is 2.12. The van der Waals surface area contributed by atoms with Crippen molar-refractivity contribution in [1.29, 1.82) is 0 Å². The summed E-state index contributed by atoms with van der Waals surface area (Å²) in [5.74, 6) is -0.416. The fourth-order valence-corrected chi connectivity index (χ4v) is 4.22. The van der Waals surface area contributed by atoms with Crippen LogP contribution in [0.25, 0.3) is 16.6 Å². The maximum atomic E-state index is 13.5. The molecule has 0 aliphatic heterocycles. The first kappa shape index (κ1) is 26.6. The number of amides is 2. The zero-order valence-corrected chi connectivity index (χ0v) is 21.7. The van der Waals surface area contributed by atoms with Gasteiger partial charge in [0.2, 0.25) is 11.8 Å². The van der Waals surface area contributed by atoms with Crippen LogP contribution in [0.5, 0.6) is 0 Å². The first-order valence-electron chi connectivity index (χ1n) is 12.8. The summed E-state index contributed by atoms with van der Waals surface area (Å²) >= 11 is 0. The van der Waals surface area contributed by atoms with Gasteiger partial charge in [-0.25, -0.2) is 9.36 Å². The lowest BCUT2D eigenvalue weighted by Crippen LogP contribution is -2.41. The monoisotopic (exact) mass is 512 g/mol. The van der Waals surface area contributed by atoms with E-state index in [1.165, 1.54) is 4.57 Å². The summed E-state index contributed by atoms with van der Waals surface area (Å²) in [6.45, 7) is 4.79. The van der Waals surface area contributed by atoms with E-state index in [-0.39, 0.29) is 24.8 Å². The number of hydrogen-bond donors (Lipinski definition) is 2. The fraction of sp³-hybridized carbons (Fsp3) is 0.267. The van der Waals surface area contributed by atoms with Crippen LogP contribution in [0, 0.1) is 6.92 Å². The number of para-hydroxylation sites is 1. The highest BCUT2D eigenvalue weighted by atomic mass is 16.2. The Morgan fingerprint density at radius 1 is 0.816 bits per heavy atom. The van der Waals surface area contributed by atoms with Gasteiger partial charge in [-0.15, -0.1) is 0 Å². The van der Waals surface area contributed by atoms with Gasteiger partial charge >= 0.3 is 5.69 Å². The third-order valence-corrected chi connectivity index (χ3v) is 6.37. The Morgan fingerprint density at radius 2 is 1.50 bits per heavy atom. The second-order valence-corrected chi connectivity index (χ2v) is 9.34. The third-order valence-electron chi connectivity index (χ3n) is 6.37. The average molecular weight is 513 g/mol. The van der Waals surface area contributed by atoms with E-state index >= 15 is 0 Å². The molecule has 3 aromatic carbocycles. The number of hydrogen-bond acceptors (Lipinski definition) is 4.